The van der Waals surface area contributed by atoms with Gasteiger partial charge in [-0.15, -0.1) is 21.5 Å². The minimum atomic E-state index is -0.0552. The SMILES string of the molecule is Cc1ccc(CC(=O)Nc2ccsc2-c2nnc(C3CC3)o2)cc1. The monoisotopic (exact) mass is 339 g/mol. The molecule has 122 valence electrons. The number of aromatic nitrogens is 2. The van der Waals surface area contributed by atoms with E-state index in [9.17, 15) is 4.79 Å². The highest BCUT2D eigenvalue weighted by atomic mass is 32.1. The molecular formula is C18H17N3O2S. The summed E-state index contributed by atoms with van der Waals surface area (Å²) >= 11 is 1.49. The van der Waals surface area contributed by atoms with Gasteiger partial charge >= 0.3 is 0 Å². The molecule has 2 aromatic heterocycles. The number of rotatable bonds is 5. The molecule has 1 saturated carbocycles. The second-order valence-corrected chi connectivity index (χ2v) is 7.01. The van der Waals surface area contributed by atoms with Crippen molar-refractivity contribution in [2.45, 2.75) is 32.1 Å². The summed E-state index contributed by atoms with van der Waals surface area (Å²) in [5.74, 6) is 1.55. The first-order valence-corrected chi connectivity index (χ1v) is 8.83. The van der Waals surface area contributed by atoms with E-state index in [1.807, 2.05) is 42.6 Å². The van der Waals surface area contributed by atoms with Crippen LogP contribution in [0.3, 0.4) is 0 Å². The number of anilines is 1. The van der Waals surface area contributed by atoms with Crippen LogP contribution in [0.25, 0.3) is 10.8 Å². The van der Waals surface area contributed by atoms with Crippen molar-refractivity contribution in [3.05, 3.63) is 52.7 Å². The van der Waals surface area contributed by atoms with Crippen LogP contribution in [0.2, 0.25) is 0 Å². The highest BCUT2D eigenvalue weighted by Crippen LogP contribution is 2.41. The zero-order chi connectivity index (χ0) is 16.5. The van der Waals surface area contributed by atoms with Crippen LogP contribution in [-0.2, 0) is 11.2 Å². The molecule has 4 rings (SSSR count). The summed E-state index contributed by atoms with van der Waals surface area (Å²) < 4.78 is 5.74. The van der Waals surface area contributed by atoms with E-state index in [-0.39, 0.29) is 5.91 Å². The molecule has 1 N–H and O–H groups in total. The first-order valence-electron chi connectivity index (χ1n) is 7.96. The first-order chi connectivity index (χ1) is 11.7. The van der Waals surface area contributed by atoms with E-state index in [0.717, 1.165) is 29.0 Å². The van der Waals surface area contributed by atoms with Crippen molar-refractivity contribution >= 4 is 22.9 Å². The second kappa shape index (κ2) is 6.20. The molecule has 2 heterocycles. The number of hydrogen-bond donors (Lipinski definition) is 1. The number of benzene rings is 1. The third kappa shape index (κ3) is 3.23. The molecule has 1 amide bonds. The topological polar surface area (TPSA) is 68.0 Å². The standard InChI is InChI=1S/C18H17N3O2S/c1-11-2-4-12(5-3-11)10-15(22)19-14-8-9-24-16(14)18-21-20-17(23-18)13-6-7-13/h2-5,8-9,13H,6-7,10H2,1H3,(H,19,22). The average Bonchev–Trinajstić information content (AvgIpc) is 3.12. The largest absolute Gasteiger partial charge is 0.420 e. The molecule has 0 unspecified atom stereocenters. The Balaban J connectivity index is 1.47. The third-order valence-electron chi connectivity index (χ3n) is 3.99. The Morgan fingerprint density at radius 2 is 2.04 bits per heavy atom. The Hall–Kier alpha value is -2.47. The molecule has 1 aromatic carbocycles. The number of amides is 1. The summed E-state index contributed by atoms with van der Waals surface area (Å²) in [6.45, 7) is 2.03. The number of carbonyl (C=O) groups is 1. The van der Waals surface area contributed by atoms with Gasteiger partial charge in [-0.05, 0) is 36.8 Å². The third-order valence-corrected chi connectivity index (χ3v) is 4.89. The highest BCUT2D eigenvalue weighted by Gasteiger charge is 2.30. The van der Waals surface area contributed by atoms with E-state index < -0.39 is 0 Å². The van der Waals surface area contributed by atoms with Crippen molar-refractivity contribution in [2.24, 2.45) is 0 Å². The van der Waals surface area contributed by atoms with Crippen molar-refractivity contribution in [1.29, 1.82) is 0 Å². The van der Waals surface area contributed by atoms with Gasteiger partial charge in [0.15, 0.2) is 0 Å². The Morgan fingerprint density at radius 3 is 2.79 bits per heavy atom. The van der Waals surface area contributed by atoms with Crippen molar-refractivity contribution < 1.29 is 9.21 Å². The van der Waals surface area contributed by atoms with Crippen LogP contribution >= 0.6 is 11.3 Å². The van der Waals surface area contributed by atoms with Gasteiger partial charge in [-0.2, -0.15) is 0 Å². The smallest absolute Gasteiger partial charge is 0.259 e. The molecule has 0 aliphatic heterocycles. The summed E-state index contributed by atoms with van der Waals surface area (Å²) in [6.07, 6.45) is 2.57. The van der Waals surface area contributed by atoms with Crippen molar-refractivity contribution in [2.75, 3.05) is 5.32 Å². The molecule has 0 spiro atoms. The average molecular weight is 339 g/mol. The van der Waals surface area contributed by atoms with E-state index in [4.69, 9.17) is 4.42 Å². The molecule has 1 aliphatic carbocycles. The minimum absolute atomic E-state index is 0.0552. The lowest BCUT2D eigenvalue weighted by Crippen LogP contribution is -2.14. The van der Waals surface area contributed by atoms with E-state index in [1.54, 1.807) is 0 Å². The lowest BCUT2D eigenvalue weighted by atomic mass is 10.1. The summed E-state index contributed by atoms with van der Waals surface area (Å²) in [5.41, 5.74) is 2.90. The number of aryl methyl sites for hydroxylation is 1. The number of carbonyl (C=O) groups excluding carboxylic acids is 1. The van der Waals surface area contributed by atoms with Crippen molar-refractivity contribution in [3.8, 4) is 10.8 Å². The van der Waals surface area contributed by atoms with E-state index in [1.165, 1.54) is 16.9 Å². The van der Waals surface area contributed by atoms with E-state index in [0.29, 0.717) is 24.1 Å². The van der Waals surface area contributed by atoms with E-state index >= 15 is 0 Å². The zero-order valence-electron chi connectivity index (χ0n) is 13.3. The number of thiophene rings is 1. The number of nitrogens with one attached hydrogen (secondary N) is 1. The van der Waals surface area contributed by atoms with Crippen LogP contribution in [0.4, 0.5) is 5.69 Å². The van der Waals surface area contributed by atoms with Gasteiger partial charge in [0, 0.05) is 5.92 Å². The maximum atomic E-state index is 12.3. The molecule has 1 fully saturated rings. The highest BCUT2D eigenvalue weighted by molar-refractivity contribution is 7.14. The quantitative estimate of drug-likeness (QED) is 0.758. The van der Waals surface area contributed by atoms with Crippen molar-refractivity contribution in [3.63, 3.8) is 0 Å². The van der Waals surface area contributed by atoms with Gasteiger partial charge < -0.3 is 9.73 Å². The zero-order valence-corrected chi connectivity index (χ0v) is 14.1. The Bertz CT molecular complexity index is 863. The predicted molar refractivity (Wildman–Crippen MR) is 93.1 cm³/mol. The number of nitrogens with zero attached hydrogens (tertiary/aromatic N) is 2. The fraction of sp³-hybridized carbons (Fsp3) is 0.278. The number of hydrogen-bond acceptors (Lipinski definition) is 5. The maximum Gasteiger partial charge on any atom is 0.259 e. The molecule has 0 atom stereocenters. The summed E-state index contributed by atoms with van der Waals surface area (Å²) in [7, 11) is 0. The lowest BCUT2D eigenvalue weighted by Gasteiger charge is -2.05. The van der Waals surface area contributed by atoms with Crippen molar-refractivity contribution in [1.82, 2.24) is 10.2 Å². The van der Waals surface area contributed by atoms with Gasteiger partial charge in [-0.25, -0.2) is 0 Å². The molecule has 1 aliphatic rings. The summed E-state index contributed by atoms with van der Waals surface area (Å²) in [4.78, 5) is 13.1. The summed E-state index contributed by atoms with van der Waals surface area (Å²) in [5, 5.41) is 13.1. The van der Waals surface area contributed by atoms with Gasteiger partial charge in [0.25, 0.3) is 5.89 Å². The predicted octanol–water partition coefficient (Wildman–Crippen LogP) is 4.17. The van der Waals surface area contributed by atoms with Crippen LogP contribution in [0, 0.1) is 6.92 Å². The second-order valence-electron chi connectivity index (χ2n) is 6.09. The van der Waals surface area contributed by atoms with Crippen LogP contribution in [0.1, 0.15) is 35.8 Å². The molecule has 0 radical (unpaired) electrons. The van der Waals surface area contributed by atoms with Gasteiger partial charge in [0.2, 0.25) is 11.8 Å². The Morgan fingerprint density at radius 1 is 1.25 bits per heavy atom. The Kier molecular flexibility index (Phi) is 3.90. The summed E-state index contributed by atoms with van der Waals surface area (Å²) in [6, 6.07) is 9.84. The van der Waals surface area contributed by atoms with Gasteiger partial charge in [0.05, 0.1) is 12.1 Å². The molecule has 5 nitrogen and oxygen atoms in total. The van der Waals surface area contributed by atoms with Crippen LogP contribution in [0.15, 0.2) is 40.1 Å². The molecule has 24 heavy (non-hydrogen) atoms. The molecule has 0 bridgehead atoms. The van der Waals surface area contributed by atoms with Crippen LogP contribution in [0.5, 0.6) is 0 Å². The fourth-order valence-electron chi connectivity index (χ4n) is 2.48. The fourth-order valence-corrected chi connectivity index (χ4v) is 3.25. The molecule has 6 heteroatoms. The Labute approximate surface area is 143 Å². The molecule has 0 saturated heterocycles. The van der Waals surface area contributed by atoms with E-state index in [2.05, 4.69) is 15.5 Å². The van der Waals surface area contributed by atoms with Crippen LogP contribution < -0.4 is 5.32 Å². The minimum Gasteiger partial charge on any atom is -0.420 e. The maximum absolute atomic E-state index is 12.3. The van der Waals surface area contributed by atoms with Gasteiger partial charge in [-0.1, -0.05) is 29.8 Å². The van der Waals surface area contributed by atoms with Gasteiger partial charge in [-0.3, -0.25) is 4.79 Å². The lowest BCUT2D eigenvalue weighted by molar-refractivity contribution is -0.115. The first kappa shape index (κ1) is 15.1. The van der Waals surface area contributed by atoms with Gasteiger partial charge in [0.1, 0.15) is 4.88 Å². The molecular weight excluding hydrogens is 322 g/mol. The normalized spacial score (nSPS) is 13.9. The van der Waals surface area contributed by atoms with Crippen LogP contribution in [-0.4, -0.2) is 16.1 Å². The molecule has 3 aromatic rings.